The number of imidazole rings is 1. The number of nitrogens with zero attached hydrogens (tertiary/aromatic N) is 1. The van der Waals surface area contributed by atoms with Crippen LogP contribution in [0.2, 0.25) is 0 Å². The Hall–Kier alpha value is -2.50. The molecule has 122 valence electrons. The first-order chi connectivity index (χ1) is 11.1. The largest absolute Gasteiger partial charge is 0.493 e. The minimum Gasteiger partial charge on any atom is -0.493 e. The summed E-state index contributed by atoms with van der Waals surface area (Å²) in [4.78, 5) is 20.2. The van der Waals surface area contributed by atoms with Gasteiger partial charge in [-0.2, -0.15) is 0 Å². The number of carbonyl (C=O) groups is 1. The van der Waals surface area contributed by atoms with E-state index in [1.54, 1.807) is 26.4 Å². The molecule has 0 radical (unpaired) electrons. The van der Waals surface area contributed by atoms with Gasteiger partial charge in [-0.05, 0) is 31.9 Å². The molecular weight excluding hydrogens is 294 g/mol. The Bertz CT molecular complexity index is 724. The van der Waals surface area contributed by atoms with Crippen molar-refractivity contribution in [3.63, 3.8) is 0 Å². The number of aryl methyl sites for hydroxylation is 2. The van der Waals surface area contributed by atoms with E-state index in [2.05, 4.69) is 15.3 Å². The molecule has 1 heterocycles. The third kappa shape index (κ3) is 3.16. The molecule has 1 unspecified atom stereocenters. The summed E-state index contributed by atoms with van der Waals surface area (Å²) in [6.45, 7) is 1.94. The highest BCUT2D eigenvalue weighted by molar-refractivity contribution is 5.93. The predicted octanol–water partition coefficient (Wildman–Crippen LogP) is 2.48. The predicted molar refractivity (Wildman–Crippen MR) is 87.0 cm³/mol. The Balaban J connectivity index is 1.70. The number of hydrogen-bond donors (Lipinski definition) is 2. The monoisotopic (exact) mass is 315 g/mol. The molecule has 6 heteroatoms. The summed E-state index contributed by atoms with van der Waals surface area (Å²) in [6.07, 6.45) is 2.36. The van der Waals surface area contributed by atoms with Crippen LogP contribution in [0, 0.1) is 12.8 Å². The summed E-state index contributed by atoms with van der Waals surface area (Å²) in [5.41, 5.74) is 2.89. The van der Waals surface area contributed by atoms with Crippen molar-refractivity contribution in [3.8, 4) is 11.5 Å². The quantitative estimate of drug-likeness (QED) is 0.909. The Morgan fingerprint density at radius 2 is 2.09 bits per heavy atom. The van der Waals surface area contributed by atoms with Gasteiger partial charge in [0.15, 0.2) is 11.5 Å². The van der Waals surface area contributed by atoms with Gasteiger partial charge in [-0.1, -0.05) is 0 Å². The molecule has 23 heavy (non-hydrogen) atoms. The number of rotatable bonds is 4. The van der Waals surface area contributed by atoms with Crippen molar-refractivity contribution in [3.05, 3.63) is 35.4 Å². The van der Waals surface area contributed by atoms with Crippen molar-refractivity contribution in [2.75, 3.05) is 19.5 Å². The van der Waals surface area contributed by atoms with Crippen molar-refractivity contribution in [1.82, 2.24) is 9.97 Å². The van der Waals surface area contributed by atoms with E-state index in [0.717, 1.165) is 30.1 Å². The van der Waals surface area contributed by atoms with Crippen LogP contribution in [0.15, 0.2) is 18.2 Å². The standard InChI is InChI=1S/C17H21N3O3/c1-10-18-13-6-4-11(8-14(13)19-10)17(21)20-12-5-7-15(22-2)16(9-12)23-3/h5,7,9,11H,4,6,8H2,1-3H3,(H,18,19)(H,20,21). The van der Waals surface area contributed by atoms with E-state index in [0.29, 0.717) is 23.6 Å². The molecule has 1 atom stereocenters. The number of nitrogens with one attached hydrogen (secondary N) is 2. The lowest BCUT2D eigenvalue weighted by molar-refractivity contribution is -0.120. The average molecular weight is 315 g/mol. The minimum atomic E-state index is -0.0459. The number of fused-ring (bicyclic) bond motifs is 1. The molecular formula is C17H21N3O3. The van der Waals surface area contributed by atoms with Gasteiger partial charge in [-0.15, -0.1) is 0 Å². The smallest absolute Gasteiger partial charge is 0.227 e. The number of methoxy groups -OCH3 is 2. The molecule has 0 fully saturated rings. The van der Waals surface area contributed by atoms with Gasteiger partial charge in [0.05, 0.1) is 19.9 Å². The second-order valence-corrected chi connectivity index (χ2v) is 5.75. The number of ether oxygens (including phenoxy) is 2. The van der Waals surface area contributed by atoms with Gasteiger partial charge in [-0.25, -0.2) is 4.98 Å². The van der Waals surface area contributed by atoms with Crippen LogP contribution in [0.4, 0.5) is 5.69 Å². The lowest BCUT2D eigenvalue weighted by Gasteiger charge is -2.21. The number of anilines is 1. The SMILES string of the molecule is COc1ccc(NC(=O)C2CCc3nc(C)[nH]c3C2)cc1OC. The Labute approximate surface area is 135 Å². The third-order valence-corrected chi connectivity index (χ3v) is 4.18. The highest BCUT2D eigenvalue weighted by Gasteiger charge is 2.27. The summed E-state index contributed by atoms with van der Waals surface area (Å²) in [6, 6.07) is 5.37. The molecule has 0 spiro atoms. The van der Waals surface area contributed by atoms with Crippen LogP contribution in [-0.2, 0) is 17.6 Å². The number of benzene rings is 1. The minimum absolute atomic E-state index is 0.0233. The third-order valence-electron chi connectivity index (χ3n) is 4.18. The first-order valence-corrected chi connectivity index (χ1v) is 7.68. The fourth-order valence-electron chi connectivity index (χ4n) is 3.01. The zero-order chi connectivity index (χ0) is 16.4. The van der Waals surface area contributed by atoms with Crippen LogP contribution >= 0.6 is 0 Å². The molecule has 0 saturated carbocycles. The molecule has 2 aromatic rings. The number of H-pyrrole nitrogens is 1. The van der Waals surface area contributed by atoms with Crippen LogP contribution < -0.4 is 14.8 Å². The molecule has 2 N–H and O–H groups in total. The maximum absolute atomic E-state index is 12.5. The second-order valence-electron chi connectivity index (χ2n) is 5.75. The van der Waals surface area contributed by atoms with Gasteiger partial charge < -0.3 is 19.8 Å². The fraction of sp³-hybridized carbons (Fsp3) is 0.412. The van der Waals surface area contributed by atoms with Crippen LogP contribution in [0.5, 0.6) is 11.5 Å². The maximum atomic E-state index is 12.5. The average Bonchev–Trinajstić information content (AvgIpc) is 2.93. The molecule has 3 rings (SSSR count). The summed E-state index contributed by atoms with van der Waals surface area (Å²) in [5.74, 6) is 2.13. The van der Waals surface area contributed by atoms with Gasteiger partial charge in [-0.3, -0.25) is 4.79 Å². The molecule has 0 saturated heterocycles. The normalized spacial score (nSPS) is 16.6. The first kappa shape index (κ1) is 15.4. The van der Waals surface area contributed by atoms with Crippen molar-refractivity contribution in [2.45, 2.75) is 26.2 Å². The first-order valence-electron chi connectivity index (χ1n) is 7.68. The molecule has 0 bridgehead atoms. The summed E-state index contributed by atoms with van der Waals surface area (Å²) < 4.78 is 10.5. The van der Waals surface area contributed by atoms with Crippen LogP contribution in [0.3, 0.4) is 0 Å². The van der Waals surface area contributed by atoms with E-state index in [4.69, 9.17) is 9.47 Å². The van der Waals surface area contributed by atoms with E-state index >= 15 is 0 Å². The molecule has 0 aliphatic heterocycles. The Morgan fingerprint density at radius 1 is 1.30 bits per heavy atom. The van der Waals surface area contributed by atoms with E-state index in [9.17, 15) is 4.79 Å². The molecule has 1 aromatic heterocycles. The van der Waals surface area contributed by atoms with Gasteiger partial charge in [0.1, 0.15) is 5.82 Å². The van der Waals surface area contributed by atoms with E-state index in [1.807, 2.05) is 13.0 Å². The summed E-state index contributed by atoms with van der Waals surface area (Å²) in [5, 5.41) is 2.97. The lowest BCUT2D eigenvalue weighted by Crippen LogP contribution is -2.28. The topological polar surface area (TPSA) is 76.2 Å². The van der Waals surface area contributed by atoms with Gasteiger partial charge in [0.25, 0.3) is 0 Å². The highest BCUT2D eigenvalue weighted by Crippen LogP contribution is 2.31. The maximum Gasteiger partial charge on any atom is 0.227 e. The second kappa shape index (κ2) is 6.32. The Kier molecular flexibility index (Phi) is 4.23. The fourth-order valence-corrected chi connectivity index (χ4v) is 3.01. The molecule has 1 aliphatic rings. The van der Waals surface area contributed by atoms with Gasteiger partial charge in [0, 0.05) is 29.8 Å². The van der Waals surface area contributed by atoms with Crippen molar-refractivity contribution < 1.29 is 14.3 Å². The summed E-state index contributed by atoms with van der Waals surface area (Å²) >= 11 is 0. The zero-order valence-electron chi connectivity index (χ0n) is 13.6. The number of aromatic nitrogens is 2. The number of amides is 1. The number of aromatic amines is 1. The van der Waals surface area contributed by atoms with E-state index < -0.39 is 0 Å². The molecule has 1 amide bonds. The number of hydrogen-bond acceptors (Lipinski definition) is 4. The number of carbonyl (C=O) groups excluding carboxylic acids is 1. The van der Waals surface area contributed by atoms with Crippen LogP contribution in [0.1, 0.15) is 23.6 Å². The molecule has 6 nitrogen and oxygen atoms in total. The van der Waals surface area contributed by atoms with Crippen LogP contribution in [-0.4, -0.2) is 30.1 Å². The zero-order valence-corrected chi connectivity index (χ0v) is 13.6. The highest BCUT2D eigenvalue weighted by atomic mass is 16.5. The van der Waals surface area contributed by atoms with Crippen molar-refractivity contribution in [1.29, 1.82) is 0 Å². The van der Waals surface area contributed by atoms with Crippen molar-refractivity contribution in [2.24, 2.45) is 5.92 Å². The van der Waals surface area contributed by atoms with Gasteiger partial charge >= 0.3 is 0 Å². The van der Waals surface area contributed by atoms with Crippen LogP contribution in [0.25, 0.3) is 0 Å². The molecule has 1 aromatic carbocycles. The lowest BCUT2D eigenvalue weighted by atomic mass is 9.89. The Morgan fingerprint density at radius 3 is 2.83 bits per heavy atom. The molecule has 1 aliphatic carbocycles. The van der Waals surface area contributed by atoms with Gasteiger partial charge in [0.2, 0.25) is 5.91 Å². The van der Waals surface area contributed by atoms with Crippen molar-refractivity contribution >= 4 is 11.6 Å². The van der Waals surface area contributed by atoms with E-state index in [-0.39, 0.29) is 11.8 Å². The van der Waals surface area contributed by atoms with E-state index in [1.165, 1.54) is 0 Å². The summed E-state index contributed by atoms with van der Waals surface area (Å²) in [7, 11) is 3.16.